The number of carbonyl (C=O) groups excluding carboxylic acids is 1. The van der Waals surface area contributed by atoms with Crippen LogP contribution in [-0.4, -0.2) is 57.2 Å². The molecular formula is C30H26F3N7O2. The number of fused-ring (bicyclic) bond motifs is 1. The van der Waals surface area contributed by atoms with Crippen molar-refractivity contribution in [3.05, 3.63) is 77.5 Å². The first-order valence-corrected chi connectivity index (χ1v) is 13.3. The molecule has 0 radical (unpaired) electrons. The smallest absolute Gasteiger partial charge is 0.416 e. The summed E-state index contributed by atoms with van der Waals surface area (Å²) in [5.74, 6) is 0.305. The van der Waals surface area contributed by atoms with E-state index in [2.05, 4.69) is 32.8 Å². The summed E-state index contributed by atoms with van der Waals surface area (Å²) in [6, 6.07) is 10.8. The van der Waals surface area contributed by atoms with Gasteiger partial charge in [0.2, 0.25) is 5.91 Å². The summed E-state index contributed by atoms with van der Waals surface area (Å²) in [5.41, 5.74) is 2.66. The molecule has 214 valence electrons. The number of aryl methyl sites for hydroxylation is 1. The molecule has 1 spiro atoms. The number of hydrogen-bond donors (Lipinski definition) is 1. The lowest BCUT2D eigenvalue weighted by Crippen LogP contribution is -2.59. The summed E-state index contributed by atoms with van der Waals surface area (Å²) < 4.78 is 45.0. The number of nitriles is 1. The number of aromatic nitrogens is 4. The van der Waals surface area contributed by atoms with Gasteiger partial charge in [-0.1, -0.05) is 24.8 Å². The van der Waals surface area contributed by atoms with Crippen molar-refractivity contribution < 1.29 is 22.7 Å². The Morgan fingerprint density at radius 2 is 1.95 bits per heavy atom. The highest BCUT2D eigenvalue weighted by molar-refractivity contribution is 5.97. The van der Waals surface area contributed by atoms with Gasteiger partial charge in [-0.25, -0.2) is 0 Å². The molecule has 2 aliphatic rings. The predicted molar refractivity (Wildman–Crippen MR) is 148 cm³/mol. The minimum absolute atomic E-state index is 0.00295. The third-order valence-corrected chi connectivity index (χ3v) is 7.98. The Morgan fingerprint density at radius 1 is 1.19 bits per heavy atom. The number of anilines is 1. The van der Waals surface area contributed by atoms with Gasteiger partial charge >= 0.3 is 12.2 Å². The Balaban J connectivity index is 1.38. The van der Waals surface area contributed by atoms with Gasteiger partial charge in [0, 0.05) is 42.5 Å². The van der Waals surface area contributed by atoms with Crippen molar-refractivity contribution in [3.8, 4) is 23.3 Å². The van der Waals surface area contributed by atoms with E-state index in [9.17, 15) is 23.2 Å². The number of likely N-dealkylation sites (tertiary alicyclic amines) is 1. The largest absolute Gasteiger partial charge is 0.459 e. The maximum absolute atomic E-state index is 13.0. The Hall–Kier alpha value is -4.92. The molecular weight excluding hydrogens is 547 g/mol. The van der Waals surface area contributed by atoms with E-state index < -0.39 is 11.7 Å². The van der Waals surface area contributed by atoms with Crippen LogP contribution in [0.1, 0.15) is 28.7 Å². The standard InChI is InChI=1S/C30H26F3N7O2/c1-3-24(41)40-16-29(17-40)10-11-39(15-29)27-21(12-34)26(25-18(2)4-9-23-22(25)13-35-38-23)36-28(37-27)42-14-19-5-7-20(8-6-19)30(31,32)33/h3-9,13H,1,10-11,14-17H2,2H3,(H,35,38). The molecule has 0 atom stereocenters. The average molecular weight is 574 g/mol. The number of carbonyl (C=O) groups is 1. The summed E-state index contributed by atoms with van der Waals surface area (Å²) in [6.45, 7) is 7.81. The second kappa shape index (κ2) is 10.2. The van der Waals surface area contributed by atoms with Crippen LogP contribution in [0, 0.1) is 23.7 Å². The fraction of sp³-hybridized carbons (Fsp3) is 0.300. The van der Waals surface area contributed by atoms with Gasteiger partial charge in [0.25, 0.3) is 0 Å². The summed E-state index contributed by atoms with van der Waals surface area (Å²) in [5, 5.41) is 18.3. The van der Waals surface area contributed by atoms with E-state index in [0.29, 0.717) is 48.8 Å². The highest BCUT2D eigenvalue weighted by Crippen LogP contribution is 2.43. The molecule has 42 heavy (non-hydrogen) atoms. The highest BCUT2D eigenvalue weighted by atomic mass is 19.4. The summed E-state index contributed by atoms with van der Waals surface area (Å²) in [4.78, 5) is 25.1. The molecule has 12 heteroatoms. The van der Waals surface area contributed by atoms with E-state index in [1.165, 1.54) is 18.2 Å². The van der Waals surface area contributed by atoms with Crippen molar-refractivity contribution in [2.45, 2.75) is 26.1 Å². The monoisotopic (exact) mass is 573 g/mol. The van der Waals surface area contributed by atoms with Crippen LogP contribution in [-0.2, 0) is 17.6 Å². The Bertz CT molecular complexity index is 1730. The fourth-order valence-electron chi connectivity index (χ4n) is 5.81. The molecule has 2 aliphatic heterocycles. The van der Waals surface area contributed by atoms with Gasteiger partial charge in [0.1, 0.15) is 18.2 Å². The first kappa shape index (κ1) is 27.3. The van der Waals surface area contributed by atoms with Gasteiger partial charge < -0.3 is 14.5 Å². The van der Waals surface area contributed by atoms with Gasteiger partial charge in [-0.15, -0.1) is 0 Å². The molecule has 4 aromatic rings. The van der Waals surface area contributed by atoms with Gasteiger partial charge in [-0.3, -0.25) is 9.89 Å². The molecule has 4 heterocycles. The van der Waals surface area contributed by atoms with Crippen LogP contribution >= 0.6 is 0 Å². The van der Waals surface area contributed by atoms with Crippen molar-refractivity contribution in [1.29, 1.82) is 5.26 Å². The lowest BCUT2D eigenvalue weighted by atomic mass is 9.79. The third-order valence-electron chi connectivity index (χ3n) is 7.98. The van der Waals surface area contributed by atoms with Crippen molar-refractivity contribution >= 4 is 22.6 Å². The van der Waals surface area contributed by atoms with Crippen LogP contribution in [0.3, 0.4) is 0 Å². The van der Waals surface area contributed by atoms with Gasteiger partial charge in [-0.05, 0) is 48.7 Å². The molecule has 2 aromatic heterocycles. The third kappa shape index (κ3) is 4.81. The lowest BCUT2D eigenvalue weighted by Gasteiger charge is -2.47. The minimum atomic E-state index is -4.44. The molecule has 0 unspecified atom stereocenters. The first-order chi connectivity index (χ1) is 20.1. The number of nitrogens with one attached hydrogen (secondary N) is 1. The minimum Gasteiger partial charge on any atom is -0.459 e. The average Bonchev–Trinajstić information content (AvgIpc) is 3.62. The van der Waals surface area contributed by atoms with Crippen LogP contribution < -0.4 is 9.64 Å². The van der Waals surface area contributed by atoms with E-state index in [1.54, 1.807) is 11.1 Å². The number of hydrogen-bond acceptors (Lipinski definition) is 7. The topological polar surface area (TPSA) is 111 Å². The van der Waals surface area contributed by atoms with E-state index in [-0.39, 0.29) is 29.5 Å². The van der Waals surface area contributed by atoms with Crippen LogP contribution in [0.4, 0.5) is 19.0 Å². The highest BCUT2D eigenvalue weighted by Gasteiger charge is 2.49. The van der Waals surface area contributed by atoms with Crippen LogP contribution in [0.15, 0.2) is 55.3 Å². The Morgan fingerprint density at radius 3 is 2.64 bits per heavy atom. The maximum atomic E-state index is 13.0. The molecule has 1 amide bonds. The molecule has 2 aromatic carbocycles. The number of benzene rings is 2. The first-order valence-electron chi connectivity index (χ1n) is 13.3. The number of H-pyrrole nitrogens is 1. The number of aromatic amines is 1. The Labute approximate surface area is 239 Å². The molecule has 0 saturated carbocycles. The molecule has 2 fully saturated rings. The number of halogens is 3. The summed E-state index contributed by atoms with van der Waals surface area (Å²) in [6.07, 6.45) is -0.637. The van der Waals surface area contributed by atoms with Crippen molar-refractivity contribution in [1.82, 2.24) is 25.1 Å². The molecule has 9 nitrogen and oxygen atoms in total. The van der Waals surface area contributed by atoms with E-state index in [1.807, 2.05) is 24.0 Å². The van der Waals surface area contributed by atoms with E-state index >= 15 is 0 Å². The van der Waals surface area contributed by atoms with Crippen LogP contribution in [0.25, 0.3) is 22.2 Å². The van der Waals surface area contributed by atoms with Crippen molar-refractivity contribution in [2.75, 3.05) is 31.1 Å². The number of ether oxygens (including phenoxy) is 1. The molecule has 0 aliphatic carbocycles. The van der Waals surface area contributed by atoms with E-state index in [0.717, 1.165) is 35.0 Å². The van der Waals surface area contributed by atoms with E-state index in [4.69, 9.17) is 4.74 Å². The second-order valence-corrected chi connectivity index (χ2v) is 10.8. The summed E-state index contributed by atoms with van der Waals surface area (Å²) >= 11 is 0. The van der Waals surface area contributed by atoms with Crippen molar-refractivity contribution in [3.63, 3.8) is 0 Å². The zero-order valence-corrected chi connectivity index (χ0v) is 22.7. The van der Waals surface area contributed by atoms with Crippen LogP contribution in [0.2, 0.25) is 0 Å². The van der Waals surface area contributed by atoms with Gasteiger partial charge in [0.15, 0.2) is 5.82 Å². The lowest BCUT2D eigenvalue weighted by molar-refractivity contribution is -0.138. The fourth-order valence-corrected chi connectivity index (χ4v) is 5.81. The molecule has 1 N–H and O–H groups in total. The zero-order valence-electron chi connectivity index (χ0n) is 22.7. The number of amides is 1. The molecule has 6 rings (SSSR count). The normalized spacial score (nSPS) is 16.0. The summed E-state index contributed by atoms with van der Waals surface area (Å²) in [7, 11) is 0. The number of alkyl halides is 3. The molecule has 2 saturated heterocycles. The SMILES string of the molecule is C=CC(=O)N1CC2(CCN(c3nc(OCc4ccc(C(F)(F)F)cc4)nc(-c4c(C)ccc5[nH]ncc45)c3C#N)C2)C1. The maximum Gasteiger partial charge on any atom is 0.416 e. The van der Waals surface area contributed by atoms with Crippen molar-refractivity contribution in [2.24, 2.45) is 5.41 Å². The van der Waals surface area contributed by atoms with Crippen LogP contribution in [0.5, 0.6) is 6.01 Å². The number of rotatable bonds is 6. The zero-order chi connectivity index (χ0) is 29.6. The van der Waals surface area contributed by atoms with Gasteiger partial charge in [-0.2, -0.15) is 33.5 Å². The predicted octanol–water partition coefficient (Wildman–Crippen LogP) is 5.02. The molecule has 0 bridgehead atoms. The quantitative estimate of drug-likeness (QED) is 0.323. The van der Waals surface area contributed by atoms with Gasteiger partial charge in [0.05, 0.1) is 23.0 Å². The Kier molecular flexibility index (Phi) is 6.60. The number of nitrogens with zero attached hydrogens (tertiary/aromatic N) is 6. The second-order valence-electron chi connectivity index (χ2n) is 10.8.